The largest absolute Gasteiger partial charge is 0.384 e. The van der Waals surface area contributed by atoms with Crippen LogP contribution >= 0.6 is 0 Å². The Balaban J connectivity index is 2.59. The smallest absolute Gasteiger partial charge is 0.0491 e. The van der Waals surface area contributed by atoms with E-state index >= 15 is 0 Å². The van der Waals surface area contributed by atoms with Gasteiger partial charge in [0, 0.05) is 25.8 Å². The fourth-order valence-corrected chi connectivity index (χ4v) is 3.51. The number of nitrogens with zero attached hydrogens (tertiary/aromatic N) is 1. The maximum atomic E-state index is 6.14. The Bertz CT molecular complexity index is 207. The van der Waals surface area contributed by atoms with Crippen molar-refractivity contribution < 1.29 is 4.74 Å². The SMILES string of the molecule is CCCC(CN)(CCC)N1CCC(COC)CC1. The standard InChI is InChI=1S/C15H32N2O/c1-4-8-15(13-16,9-5-2)17-10-6-14(7-11-17)12-18-3/h14H,4-13,16H2,1-3H3. The van der Waals surface area contributed by atoms with Crippen LogP contribution in [0.4, 0.5) is 0 Å². The van der Waals surface area contributed by atoms with Gasteiger partial charge in [-0.15, -0.1) is 0 Å². The first-order valence-electron chi connectivity index (χ1n) is 7.66. The van der Waals surface area contributed by atoms with Gasteiger partial charge in [-0.1, -0.05) is 26.7 Å². The van der Waals surface area contributed by atoms with Gasteiger partial charge < -0.3 is 10.5 Å². The normalized spacial score (nSPS) is 19.3. The Hall–Kier alpha value is -0.120. The highest BCUT2D eigenvalue weighted by Gasteiger charge is 2.35. The van der Waals surface area contributed by atoms with E-state index in [-0.39, 0.29) is 5.54 Å². The number of rotatable bonds is 8. The monoisotopic (exact) mass is 256 g/mol. The zero-order valence-electron chi connectivity index (χ0n) is 12.6. The summed E-state index contributed by atoms with van der Waals surface area (Å²) in [6.07, 6.45) is 7.48. The fourth-order valence-electron chi connectivity index (χ4n) is 3.51. The first-order chi connectivity index (χ1) is 8.72. The minimum Gasteiger partial charge on any atom is -0.384 e. The van der Waals surface area contributed by atoms with Crippen LogP contribution in [0.1, 0.15) is 52.4 Å². The van der Waals surface area contributed by atoms with Crippen molar-refractivity contribution in [1.82, 2.24) is 4.90 Å². The van der Waals surface area contributed by atoms with Crippen molar-refractivity contribution in [3.63, 3.8) is 0 Å². The lowest BCUT2D eigenvalue weighted by molar-refractivity contribution is 0.0229. The molecule has 1 fully saturated rings. The summed E-state index contributed by atoms with van der Waals surface area (Å²) in [5.41, 5.74) is 6.40. The highest BCUT2D eigenvalue weighted by Crippen LogP contribution is 2.31. The molecule has 1 aliphatic rings. The Morgan fingerprint density at radius 1 is 1.17 bits per heavy atom. The van der Waals surface area contributed by atoms with Crippen LogP contribution in [0.2, 0.25) is 0 Å². The van der Waals surface area contributed by atoms with Crippen LogP contribution in [0.25, 0.3) is 0 Å². The Morgan fingerprint density at radius 3 is 2.11 bits per heavy atom. The van der Waals surface area contributed by atoms with Crippen LogP contribution in [-0.2, 0) is 4.74 Å². The van der Waals surface area contributed by atoms with Crippen LogP contribution < -0.4 is 5.73 Å². The van der Waals surface area contributed by atoms with Crippen LogP contribution in [0.15, 0.2) is 0 Å². The molecule has 0 amide bonds. The summed E-state index contributed by atoms with van der Waals surface area (Å²) in [5, 5.41) is 0. The third-order valence-electron chi connectivity index (χ3n) is 4.50. The maximum Gasteiger partial charge on any atom is 0.0491 e. The molecule has 3 heteroatoms. The van der Waals surface area contributed by atoms with Gasteiger partial charge in [0.15, 0.2) is 0 Å². The number of methoxy groups -OCH3 is 1. The van der Waals surface area contributed by atoms with Gasteiger partial charge in [-0.2, -0.15) is 0 Å². The summed E-state index contributed by atoms with van der Waals surface area (Å²) in [6, 6.07) is 0. The van der Waals surface area contributed by atoms with Gasteiger partial charge in [0.25, 0.3) is 0 Å². The van der Waals surface area contributed by atoms with Crippen molar-refractivity contribution in [1.29, 1.82) is 0 Å². The molecule has 0 aromatic heterocycles. The highest BCUT2D eigenvalue weighted by atomic mass is 16.5. The summed E-state index contributed by atoms with van der Waals surface area (Å²) in [6.45, 7) is 8.68. The van der Waals surface area contributed by atoms with Gasteiger partial charge in [-0.05, 0) is 44.7 Å². The van der Waals surface area contributed by atoms with Gasteiger partial charge in [-0.3, -0.25) is 4.90 Å². The number of hydrogen-bond acceptors (Lipinski definition) is 3. The Kier molecular flexibility index (Phi) is 7.20. The van der Waals surface area contributed by atoms with E-state index in [0.717, 1.165) is 19.1 Å². The van der Waals surface area contributed by atoms with Gasteiger partial charge >= 0.3 is 0 Å². The number of likely N-dealkylation sites (tertiary alicyclic amines) is 1. The van der Waals surface area contributed by atoms with E-state index < -0.39 is 0 Å². The Labute approximate surface area is 113 Å². The van der Waals surface area contributed by atoms with E-state index in [1.807, 2.05) is 7.11 Å². The van der Waals surface area contributed by atoms with E-state index in [1.165, 1.54) is 51.6 Å². The molecule has 0 aliphatic carbocycles. The molecule has 0 aromatic rings. The molecule has 1 heterocycles. The molecule has 1 saturated heterocycles. The lowest BCUT2D eigenvalue weighted by Gasteiger charge is -2.47. The van der Waals surface area contributed by atoms with Crippen molar-refractivity contribution in [2.45, 2.75) is 57.9 Å². The van der Waals surface area contributed by atoms with Gasteiger partial charge in [-0.25, -0.2) is 0 Å². The number of nitrogens with two attached hydrogens (primary N) is 1. The van der Waals surface area contributed by atoms with Crippen LogP contribution in [0.5, 0.6) is 0 Å². The molecule has 18 heavy (non-hydrogen) atoms. The van der Waals surface area contributed by atoms with Crippen molar-refractivity contribution >= 4 is 0 Å². The average molecular weight is 256 g/mol. The molecule has 0 aromatic carbocycles. The molecule has 1 aliphatic heterocycles. The van der Waals surface area contributed by atoms with Crippen molar-refractivity contribution in [3.05, 3.63) is 0 Å². The predicted molar refractivity (Wildman–Crippen MR) is 77.8 cm³/mol. The molecule has 3 nitrogen and oxygen atoms in total. The van der Waals surface area contributed by atoms with Crippen LogP contribution in [0, 0.1) is 5.92 Å². The van der Waals surface area contributed by atoms with Crippen LogP contribution in [-0.4, -0.2) is 43.8 Å². The topological polar surface area (TPSA) is 38.5 Å². The molecule has 0 saturated carbocycles. The highest BCUT2D eigenvalue weighted by molar-refractivity contribution is 4.93. The van der Waals surface area contributed by atoms with Gasteiger partial charge in [0.1, 0.15) is 0 Å². The zero-order valence-corrected chi connectivity index (χ0v) is 12.6. The second kappa shape index (κ2) is 8.13. The molecule has 108 valence electrons. The van der Waals surface area contributed by atoms with E-state index in [9.17, 15) is 0 Å². The van der Waals surface area contributed by atoms with Crippen molar-refractivity contribution in [3.8, 4) is 0 Å². The third-order valence-corrected chi connectivity index (χ3v) is 4.50. The minimum absolute atomic E-state index is 0.265. The third kappa shape index (κ3) is 3.94. The second-order valence-corrected chi connectivity index (χ2v) is 5.81. The predicted octanol–water partition coefficient (Wildman–Crippen LogP) is 2.64. The van der Waals surface area contributed by atoms with Crippen molar-refractivity contribution in [2.24, 2.45) is 11.7 Å². The second-order valence-electron chi connectivity index (χ2n) is 5.81. The van der Waals surface area contributed by atoms with Gasteiger partial charge in [0.05, 0.1) is 0 Å². The molecular formula is C15H32N2O. The zero-order chi connectivity index (χ0) is 13.4. The number of ether oxygens (including phenoxy) is 1. The summed E-state index contributed by atoms with van der Waals surface area (Å²) < 4.78 is 5.28. The lowest BCUT2D eigenvalue weighted by atomic mass is 9.83. The number of piperidine rings is 1. The number of hydrogen-bond donors (Lipinski definition) is 1. The average Bonchev–Trinajstić information content (AvgIpc) is 2.39. The Morgan fingerprint density at radius 2 is 1.72 bits per heavy atom. The molecular weight excluding hydrogens is 224 g/mol. The van der Waals surface area contributed by atoms with E-state index in [2.05, 4.69) is 18.7 Å². The quantitative estimate of drug-likeness (QED) is 0.725. The summed E-state index contributed by atoms with van der Waals surface area (Å²) >= 11 is 0. The minimum atomic E-state index is 0.265. The first kappa shape index (κ1) is 15.9. The lowest BCUT2D eigenvalue weighted by Crippen LogP contribution is -2.56. The fraction of sp³-hybridized carbons (Fsp3) is 1.00. The molecule has 1 rings (SSSR count). The van der Waals surface area contributed by atoms with E-state index in [4.69, 9.17) is 10.5 Å². The summed E-state index contributed by atoms with van der Waals surface area (Å²) in [4.78, 5) is 2.67. The first-order valence-corrected chi connectivity index (χ1v) is 7.66. The molecule has 2 N–H and O–H groups in total. The molecule has 0 atom stereocenters. The molecule has 0 spiro atoms. The maximum absolute atomic E-state index is 6.14. The molecule has 0 bridgehead atoms. The van der Waals surface area contributed by atoms with E-state index in [1.54, 1.807) is 0 Å². The molecule has 0 radical (unpaired) electrons. The summed E-state index contributed by atoms with van der Waals surface area (Å²) in [5.74, 6) is 0.755. The van der Waals surface area contributed by atoms with Crippen LogP contribution in [0.3, 0.4) is 0 Å². The van der Waals surface area contributed by atoms with Gasteiger partial charge in [0.2, 0.25) is 0 Å². The van der Waals surface area contributed by atoms with Crippen molar-refractivity contribution in [2.75, 3.05) is 33.4 Å². The van der Waals surface area contributed by atoms with E-state index in [0.29, 0.717) is 0 Å². The summed E-state index contributed by atoms with van der Waals surface area (Å²) in [7, 11) is 1.81. The molecule has 0 unspecified atom stereocenters.